The van der Waals surface area contributed by atoms with E-state index >= 15 is 0 Å². The monoisotopic (exact) mass is 324 g/mol. The van der Waals surface area contributed by atoms with Crippen LogP contribution in [0.4, 0.5) is 5.69 Å². The zero-order valence-electron chi connectivity index (χ0n) is 13.1. The van der Waals surface area contributed by atoms with Crippen LogP contribution in [0, 0.1) is 0 Å². The van der Waals surface area contributed by atoms with Crippen LogP contribution in [0.15, 0.2) is 42.5 Å². The summed E-state index contributed by atoms with van der Waals surface area (Å²) in [6.45, 7) is 0. The molecule has 1 amide bonds. The van der Waals surface area contributed by atoms with Crippen molar-refractivity contribution < 1.29 is 4.79 Å². The topological polar surface area (TPSA) is 25.2 Å². The van der Waals surface area contributed by atoms with Gasteiger partial charge in [0.25, 0.3) is 0 Å². The molecule has 0 aliphatic carbocycles. The molecule has 0 fully saturated rings. The Kier molecular flexibility index (Phi) is 3.20. The van der Waals surface area contributed by atoms with Crippen LogP contribution in [0.5, 0.6) is 0 Å². The van der Waals surface area contributed by atoms with Crippen LogP contribution in [-0.2, 0) is 18.3 Å². The molecule has 3 aromatic rings. The second-order valence-corrected chi connectivity index (χ2v) is 6.45. The van der Waals surface area contributed by atoms with Crippen molar-refractivity contribution >= 4 is 34.1 Å². The van der Waals surface area contributed by atoms with E-state index in [0.717, 1.165) is 23.4 Å². The number of aromatic nitrogens is 1. The summed E-state index contributed by atoms with van der Waals surface area (Å²) in [5.74, 6) is 0.132. The van der Waals surface area contributed by atoms with Gasteiger partial charge in [0.2, 0.25) is 5.91 Å². The second kappa shape index (κ2) is 5.14. The highest BCUT2D eigenvalue weighted by Crippen LogP contribution is 2.41. The minimum atomic E-state index is 0.132. The first-order chi connectivity index (χ1) is 11.1. The van der Waals surface area contributed by atoms with E-state index in [1.807, 2.05) is 37.4 Å². The van der Waals surface area contributed by atoms with Gasteiger partial charge in [0, 0.05) is 42.0 Å². The number of carbonyl (C=O) groups is 1. The van der Waals surface area contributed by atoms with Crippen LogP contribution in [0.2, 0.25) is 5.02 Å². The molecule has 0 unspecified atom stereocenters. The lowest BCUT2D eigenvalue weighted by Gasteiger charge is -2.24. The Bertz CT molecular complexity index is 942. The average Bonchev–Trinajstić information content (AvgIpc) is 2.83. The molecule has 23 heavy (non-hydrogen) atoms. The molecule has 1 aliphatic rings. The highest BCUT2D eigenvalue weighted by molar-refractivity contribution is 6.31. The third-order valence-electron chi connectivity index (χ3n) is 4.75. The number of para-hydroxylation sites is 1. The lowest BCUT2D eigenvalue weighted by atomic mass is 9.97. The summed E-state index contributed by atoms with van der Waals surface area (Å²) >= 11 is 6.26. The fourth-order valence-corrected chi connectivity index (χ4v) is 3.76. The van der Waals surface area contributed by atoms with Crippen molar-refractivity contribution in [3.05, 3.63) is 53.1 Å². The highest BCUT2D eigenvalue weighted by Gasteiger charge is 2.25. The molecule has 2 heterocycles. The molecule has 0 saturated heterocycles. The fraction of sp³-hybridized carbons (Fsp3) is 0.211. The van der Waals surface area contributed by atoms with E-state index in [2.05, 4.69) is 23.7 Å². The first-order valence-electron chi connectivity index (χ1n) is 7.70. The molecule has 4 heteroatoms. The van der Waals surface area contributed by atoms with Crippen LogP contribution >= 0.6 is 11.6 Å². The number of halogens is 1. The largest absolute Gasteiger partial charge is 0.343 e. The number of fused-ring (bicyclic) bond motifs is 5. The molecule has 116 valence electrons. The summed E-state index contributed by atoms with van der Waals surface area (Å²) in [6, 6.07) is 14.1. The van der Waals surface area contributed by atoms with Crippen LogP contribution in [-0.4, -0.2) is 17.5 Å². The summed E-state index contributed by atoms with van der Waals surface area (Å²) in [5, 5.41) is 1.90. The third-order valence-corrected chi connectivity index (χ3v) is 4.98. The van der Waals surface area contributed by atoms with Gasteiger partial charge in [0.1, 0.15) is 0 Å². The van der Waals surface area contributed by atoms with Crippen molar-refractivity contribution in [3.63, 3.8) is 0 Å². The zero-order valence-corrected chi connectivity index (χ0v) is 13.9. The third kappa shape index (κ3) is 2.07. The summed E-state index contributed by atoms with van der Waals surface area (Å²) in [6.07, 6.45) is 1.26. The number of benzene rings is 2. The SMILES string of the molecule is CN1C(=O)CCc2c(n(C)c3ccccc23)-c2cc(Cl)ccc21. The maximum absolute atomic E-state index is 12.5. The molecule has 0 N–H and O–H groups in total. The maximum Gasteiger partial charge on any atom is 0.227 e. The number of amides is 1. The van der Waals surface area contributed by atoms with Gasteiger partial charge < -0.3 is 9.47 Å². The molecular weight excluding hydrogens is 308 g/mol. The minimum absolute atomic E-state index is 0.132. The number of aryl methyl sites for hydroxylation is 2. The van der Waals surface area contributed by atoms with Crippen LogP contribution in [0.1, 0.15) is 12.0 Å². The summed E-state index contributed by atoms with van der Waals surface area (Å²) < 4.78 is 2.21. The molecule has 0 spiro atoms. The number of hydrogen-bond donors (Lipinski definition) is 0. The lowest BCUT2D eigenvalue weighted by Crippen LogP contribution is -2.28. The fourth-order valence-electron chi connectivity index (χ4n) is 3.59. The molecule has 0 saturated carbocycles. The van der Waals surface area contributed by atoms with E-state index in [9.17, 15) is 4.79 Å². The standard InChI is InChI=1S/C19H17ClN2O/c1-21-17-9-7-12(20)11-15(17)19-14(8-10-18(21)23)13-5-3-4-6-16(13)22(19)2/h3-7,9,11H,8,10H2,1-2H3. The van der Waals surface area contributed by atoms with E-state index in [0.29, 0.717) is 11.4 Å². The number of carbonyl (C=O) groups excluding carboxylic acids is 1. The van der Waals surface area contributed by atoms with Crippen LogP contribution < -0.4 is 4.90 Å². The first kappa shape index (κ1) is 14.3. The lowest BCUT2D eigenvalue weighted by molar-refractivity contribution is -0.118. The molecule has 0 atom stereocenters. The summed E-state index contributed by atoms with van der Waals surface area (Å²) in [4.78, 5) is 14.2. The molecule has 4 rings (SSSR count). The Hall–Kier alpha value is -2.26. The maximum atomic E-state index is 12.5. The van der Waals surface area contributed by atoms with Crippen molar-refractivity contribution in [1.29, 1.82) is 0 Å². The van der Waals surface area contributed by atoms with Crippen LogP contribution in [0.3, 0.4) is 0 Å². The van der Waals surface area contributed by atoms with Gasteiger partial charge in [-0.1, -0.05) is 29.8 Å². The van der Waals surface area contributed by atoms with E-state index in [1.54, 1.807) is 4.90 Å². The van der Waals surface area contributed by atoms with E-state index in [1.165, 1.54) is 16.5 Å². The van der Waals surface area contributed by atoms with Gasteiger partial charge in [-0.2, -0.15) is 0 Å². The molecule has 0 radical (unpaired) electrons. The minimum Gasteiger partial charge on any atom is -0.343 e. The first-order valence-corrected chi connectivity index (χ1v) is 8.08. The normalized spacial score (nSPS) is 14.4. The predicted molar refractivity (Wildman–Crippen MR) is 95.1 cm³/mol. The molecule has 3 nitrogen and oxygen atoms in total. The van der Waals surface area contributed by atoms with Crippen molar-refractivity contribution in [3.8, 4) is 11.3 Å². The van der Waals surface area contributed by atoms with Gasteiger partial charge in [-0.05, 0) is 36.2 Å². The van der Waals surface area contributed by atoms with Crippen molar-refractivity contribution in [2.45, 2.75) is 12.8 Å². The molecule has 2 aromatic carbocycles. The van der Waals surface area contributed by atoms with Gasteiger partial charge in [-0.15, -0.1) is 0 Å². The van der Waals surface area contributed by atoms with Gasteiger partial charge in [-0.25, -0.2) is 0 Å². The van der Waals surface area contributed by atoms with Crippen molar-refractivity contribution in [2.24, 2.45) is 7.05 Å². The molecular formula is C19H17ClN2O. The Morgan fingerprint density at radius 3 is 2.65 bits per heavy atom. The highest BCUT2D eigenvalue weighted by atomic mass is 35.5. The van der Waals surface area contributed by atoms with E-state index in [4.69, 9.17) is 11.6 Å². The van der Waals surface area contributed by atoms with E-state index < -0.39 is 0 Å². The van der Waals surface area contributed by atoms with E-state index in [-0.39, 0.29) is 5.91 Å². The average molecular weight is 325 g/mol. The quantitative estimate of drug-likeness (QED) is 0.601. The van der Waals surface area contributed by atoms with Crippen molar-refractivity contribution in [1.82, 2.24) is 4.57 Å². The van der Waals surface area contributed by atoms with Gasteiger partial charge in [-0.3, -0.25) is 4.79 Å². The Morgan fingerprint density at radius 1 is 1.04 bits per heavy atom. The van der Waals surface area contributed by atoms with Gasteiger partial charge >= 0.3 is 0 Å². The smallest absolute Gasteiger partial charge is 0.227 e. The molecule has 1 aliphatic heterocycles. The van der Waals surface area contributed by atoms with Gasteiger partial charge in [0.05, 0.1) is 11.4 Å². The number of anilines is 1. The number of rotatable bonds is 0. The Morgan fingerprint density at radius 2 is 1.83 bits per heavy atom. The zero-order chi connectivity index (χ0) is 16.1. The Labute approximate surface area is 140 Å². The number of nitrogens with zero attached hydrogens (tertiary/aromatic N) is 2. The Balaban J connectivity index is 2.14. The molecule has 1 aromatic heterocycles. The van der Waals surface area contributed by atoms with Gasteiger partial charge in [0.15, 0.2) is 0 Å². The van der Waals surface area contributed by atoms with Crippen molar-refractivity contribution in [2.75, 3.05) is 11.9 Å². The molecule has 0 bridgehead atoms. The summed E-state index contributed by atoms with van der Waals surface area (Å²) in [5.41, 5.74) is 5.49. The van der Waals surface area contributed by atoms with Crippen LogP contribution in [0.25, 0.3) is 22.2 Å². The number of hydrogen-bond acceptors (Lipinski definition) is 1. The predicted octanol–water partition coefficient (Wildman–Crippen LogP) is 4.41. The second-order valence-electron chi connectivity index (χ2n) is 6.02. The summed E-state index contributed by atoms with van der Waals surface area (Å²) in [7, 11) is 3.91.